The van der Waals surface area contributed by atoms with Crippen molar-refractivity contribution in [3.05, 3.63) is 24.3 Å². The summed E-state index contributed by atoms with van der Waals surface area (Å²) in [7, 11) is 1.70. The summed E-state index contributed by atoms with van der Waals surface area (Å²) >= 11 is 0. The Kier molecular flexibility index (Phi) is 3.67. The molecule has 1 aromatic carbocycles. The molecule has 1 heterocycles. The lowest BCUT2D eigenvalue weighted by molar-refractivity contribution is 0.414. The molecule has 0 aromatic heterocycles. The summed E-state index contributed by atoms with van der Waals surface area (Å²) in [5, 5.41) is 0. The quantitative estimate of drug-likeness (QED) is 0.828. The van der Waals surface area contributed by atoms with E-state index in [9.17, 15) is 0 Å². The zero-order valence-electron chi connectivity index (χ0n) is 9.86. The average Bonchev–Trinajstić information content (AvgIpc) is 2.54. The van der Waals surface area contributed by atoms with Gasteiger partial charge in [0.2, 0.25) is 0 Å². The Balaban J connectivity index is 2.14. The predicted octanol–water partition coefficient (Wildman–Crippen LogP) is 2.01. The molecule has 1 atom stereocenters. The number of nitrogens with zero attached hydrogens (tertiary/aromatic N) is 1. The number of rotatable bonds is 2. The van der Waals surface area contributed by atoms with Gasteiger partial charge in [0.15, 0.2) is 0 Å². The Bertz CT molecular complexity index is 340. The first-order valence-electron chi connectivity index (χ1n) is 5.94. The predicted molar refractivity (Wildman–Crippen MR) is 67.0 cm³/mol. The van der Waals surface area contributed by atoms with Gasteiger partial charge in [0, 0.05) is 30.9 Å². The van der Waals surface area contributed by atoms with Gasteiger partial charge in [-0.2, -0.15) is 0 Å². The van der Waals surface area contributed by atoms with Crippen LogP contribution < -0.4 is 15.4 Å². The van der Waals surface area contributed by atoms with Crippen LogP contribution in [0.1, 0.15) is 19.3 Å². The molecule has 2 N–H and O–H groups in total. The topological polar surface area (TPSA) is 38.5 Å². The molecule has 16 heavy (non-hydrogen) atoms. The SMILES string of the molecule is COc1cccc(N2CCCCC(N)C2)c1. The lowest BCUT2D eigenvalue weighted by Gasteiger charge is -2.25. The summed E-state index contributed by atoms with van der Waals surface area (Å²) in [6.07, 6.45) is 3.60. The lowest BCUT2D eigenvalue weighted by atomic mass is 10.1. The number of hydrogen-bond acceptors (Lipinski definition) is 3. The van der Waals surface area contributed by atoms with Gasteiger partial charge in [0.25, 0.3) is 0 Å². The van der Waals surface area contributed by atoms with Crippen LogP contribution >= 0.6 is 0 Å². The highest BCUT2D eigenvalue weighted by Gasteiger charge is 2.15. The molecule has 1 fully saturated rings. The van der Waals surface area contributed by atoms with Crippen LogP contribution in [0.25, 0.3) is 0 Å². The minimum Gasteiger partial charge on any atom is -0.497 e. The van der Waals surface area contributed by atoms with E-state index >= 15 is 0 Å². The van der Waals surface area contributed by atoms with Crippen LogP contribution in [0.15, 0.2) is 24.3 Å². The molecule has 0 amide bonds. The zero-order valence-corrected chi connectivity index (χ0v) is 9.86. The van der Waals surface area contributed by atoms with E-state index in [1.165, 1.54) is 18.5 Å². The number of nitrogens with two attached hydrogens (primary N) is 1. The molecule has 0 bridgehead atoms. The van der Waals surface area contributed by atoms with Crippen molar-refractivity contribution in [3.63, 3.8) is 0 Å². The van der Waals surface area contributed by atoms with Crippen LogP contribution in [0.3, 0.4) is 0 Å². The standard InChI is InChI=1S/C13H20N2O/c1-16-13-7-4-6-12(9-13)15-8-3-2-5-11(14)10-15/h4,6-7,9,11H,2-3,5,8,10,14H2,1H3. The molecule has 3 heteroatoms. The normalized spacial score (nSPS) is 21.6. The summed E-state index contributed by atoms with van der Waals surface area (Å²) in [4.78, 5) is 2.36. The number of ether oxygens (including phenoxy) is 1. The summed E-state index contributed by atoms with van der Waals surface area (Å²) in [6, 6.07) is 8.51. The van der Waals surface area contributed by atoms with Crippen molar-refractivity contribution in [1.29, 1.82) is 0 Å². The molecule has 1 saturated heterocycles. The minimum atomic E-state index is 0.300. The van der Waals surface area contributed by atoms with Gasteiger partial charge >= 0.3 is 0 Å². The van der Waals surface area contributed by atoms with Crippen molar-refractivity contribution in [2.75, 3.05) is 25.1 Å². The molecule has 1 aliphatic heterocycles. The number of benzene rings is 1. The first-order valence-corrected chi connectivity index (χ1v) is 5.94. The first-order chi connectivity index (χ1) is 7.79. The van der Waals surface area contributed by atoms with Gasteiger partial charge in [-0.3, -0.25) is 0 Å². The van der Waals surface area contributed by atoms with Crippen molar-refractivity contribution in [2.45, 2.75) is 25.3 Å². The van der Waals surface area contributed by atoms with Gasteiger partial charge in [-0.1, -0.05) is 12.5 Å². The van der Waals surface area contributed by atoms with Crippen LogP contribution in [0.4, 0.5) is 5.69 Å². The van der Waals surface area contributed by atoms with E-state index in [1.807, 2.05) is 12.1 Å². The highest BCUT2D eigenvalue weighted by atomic mass is 16.5. The minimum absolute atomic E-state index is 0.300. The molecular weight excluding hydrogens is 200 g/mol. The van der Waals surface area contributed by atoms with Gasteiger partial charge < -0.3 is 15.4 Å². The third-order valence-electron chi connectivity index (χ3n) is 3.13. The van der Waals surface area contributed by atoms with E-state index in [4.69, 9.17) is 10.5 Å². The van der Waals surface area contributed by atoms with E-state index < -0.39 is 0 Å². The van der Waals surface area contributed by atoms with Crippen molar-refractivity contribution in [1.82, 2.24) is 0 Å². The Labute approximate surface area is 97.2 Å². The highest BCUT2D eigenvalue weighted by molar-refractivity contribution is 5.51. The molecule has 1 unspecified atom stereocenters. The van der Waals surface area contributed by atoms with Crippen LogP contribution in [-0.4, -0.2) is 26.2 Å². The molecular formula is C13H20N2O. The second-order valence-corrected chi connectivity index (χ2v) is 4.40. The lowest BCUT2D eigenvalue weighted by Crippen LogP contribution is -2.35. The second kappa shape index (κ2) is 5.21. The van der Waals surface area contributed by atoms with Crippen LogP contribution in [0.2, 0.25) is 0 Å². The molecule has 0 spiro atoms. The van der Waals surface area contributed by atoms with Gasteiger partial charge in [-0.15, -0.1) is 0 Å². The fourth-order valence-corrected chi connectivity index (χ4v) is 2.22. The third-order valence-corrected chi connectivity index (χ3v) is 3.13. The maximum Gasteiger partial charge on any atom is 0.120 e. The molecule has 0 aliphatic carbocycles. The van der Waals surface area contributed by atoms with Crippen LogP contribution in [0.5, 0.6) is 5.75 Å². The fraction of sp³-hybridized carbons (Fsp3) is 0.538. The maximum absolute atomic E-state index is 6.06. The summed E-state index contributed by atoms with van der Waals surface area (Å²) in [6.45, 7) is 2.05. The number of hydrogen-bond donors (Lipinski definition) is 1. The molecule has 3 nitrogen and oxygen atoms in total. The molecule has 1 aliphatic rings. The second-order valence-electron chi connectivity index (χ2n) is 4.40. The van der Waals surface area contributed by atoms with Gasteiger partial charge in [0.05, 0.1) is 7.11 Å². The molecule has 0 saturated carbocycles. The van der Waals surface area contributed by atoms with Crippen molar-refractivity contribution in [2.24, 2.45) is 5.73 Å². The summed E-state index contributed by atoms with van der Waals surface area (Å²) in [5.41, 5.74) is 7.28. The van der Waals surface area contributed by atoms with E-state index in [2.05, 4.69) is 17.0 Å². The monoisotopic (exact) mass is 220 g/mol. The highest BCUT2D eigenvalue weighted by Crippen LogP contribution is 2.23. The van der Waals surface area contributed by atoms with Crippen molar-refractivity contribution < 1.29 is 4.74 Å². The van der Waals surface area contributed by atoms with E-state index in [0.717, 1.165) is 25.3 Å². The van der Waals surface area contributed by atoms with Crippen molar-refractivity contribution >= 4 is 5.69 Å². The van der Waals surface area contributed by atoms with E-state index in [1.54, 1.807) is 7.11 Å². The first kappa shape index (κ1) is 11.3. The van der Waals surface area contributed by atoms with Crippen LogP contribution in [0, 0.1) is 0 Å². The maximum atomic E-state index is 6.06. The summed E-state index contributed by atoms with van der Waals surface area (Å²) in [5.74, 6) is 0.912. The Hall–Kier alpha value is -1.22. The number of methoxy groups -OCH3 is 1. The van der Waals surface area contributed by atoms with Gasteiger partial charge in [-0.25, -0.2) is 0 Å². The zero-order chi connectivity index (χ0) is 11.4. The van der Waals surface area contributed by atoms with Gasteiger partial charge in [-0.05, 0) is 25.0 Å². The Morgan fingerprint density at radius 2 is 2.25 bits per heavy atom. The van der Waals surface area contributed by atoms with Crippen molar-refractivity contribution in [3.8, 4) is 5.75 Å². The summed E-state index contributed by atoms with van der Waals surface area (Å²) < 4.78 is 5.25. The Morgan fingerprint density at radius 3 is 3.06 bits per heavy atom. The number of anilines is 1. The largest absolute Gasteiger partial charge is 0.497 e. The average molecular weight is 220 g/mol. The third kappa shape index (κ3) is 2.67. The van der Waals surface area contributed by atoms with E-state index in [-0.39, 0.29) is 0 Å². The fourth-order valence-electron chi connectivity index (χ4n) is 2.22. The van der Waals surface area contributed by atoms with Gasteiger partial charge in [0.1, 0.15) is 5.75 Å². The molecule has 1 aromatic rings. The molecule has 88 valence electrons. The van der Waals surface area contributed by atoms with Crippen LogP contribution in [-0.2, 0) is 0 Å². The molecule has 0 radical (unpaired) electrons. The van der Waals surface area contributed by atoms with E-state index in [0.29, 0.717) is 6.04 Å². The Morgan fingerprint density at radius 1 is 1.38 bits per heavy atom. The smallest absolute Gasteiger partial charge is 0.120 e. The molecule has 2 rings (SSSR count).